The van der Waals surface area contributed by atoms with Crippen molar-refractivity contribution in [2.75, 3.05) is 6.61 Å². The van der Waals surface area contributed by atoms with Crippen LogP contribution in [0.5, 0.6) is 0 Å². The minimum Gasteiger partial charge on any atom is -0.463 e. The van der Waals surface area contributed by atoms with E-state index in [-0.39, 0.29) is 5.97 Å². The quantitative estimate of drug-likeness (QED) is 0.314. The fraction of sp³-hybridized carbons (Fsp3) is 0.500. The van der Waals surface area contributed by atoms with E-state index < -0.39 is 0 Å². The van der Waals surface area contributed by atoms with Crippen molar-refractivity contribution in [2.24, 2.45) is 0 Å². The highest BCUT2D eigenvalue weighted by molar-refractivity contribution is 6.09. The van der Waals surface area contributed by atoms with Gasteiger partial charge in [0.25, 0.3) is 0 Å². The monoisotopic (exact) mass is 124 g/mol. The Morgan fingerprint density at radius 3 is 2.89 bits per heavy atom. The maximum Gasteiger partial charge on any atom is 0.330 e. The van der Waals surface area contributed by atoms with Gasteiger partial charge in [0.05, 0.1) is 14.5 Å². The molecule has 0 rings (SSSR count). The third kappa shape index (κ3) is 5.14. The zero-order valence-corrected chi connectivity index (χ0v) is 5.46. The summed E-state index contributed by atoms with van der Waals surface area (Å²) in [5.74, 6) is -0.331. The molecular weight excluding hydrogens is 115 g/mol. The van der Waals surface area contributed by atoms with Gasteiger partial charge in [0.2, 0.25) is 0 Å². The van der Waals surface area contributed by atoms with E-state index in [1.807, 2.05) is 0 Å². The van der Waals surface area contributed by atoms with Crippen molar-refractivity contribution in [3.63, 3.8) is 0 Å². The Morgan fingerprint density at radius 1 is 1.78 bits per heavy atom. The Hall–Kier alpha value is -0.725. The van der Waals surface area contributed by atoms with Gasteiger partial charge in [-0.25, -0.2) is 4.79 Å². The van der Waals surface area contributed by atoms with Crippen molar-refractivity contribution in [3.05, 3.63) is 12.2 Å². The Labute approximate surface area is 56.3 Å². The van der Waals surface area contributed by atoms with Crippen molar-refractivity contribution in [1.29, 1.82) is 0 Å². The van der Waals surface area contributed by atoms with Crippen LogP contribution >= 0.6 is 0 Å². The molecule has 0 aliphatic carbocycles. The van der Waals surface area contributed by atoms with Crippen LogP contribution in [0.15, 0.2) is 12.2 Å². The largest absolute Gasteiger partial charge is 0.463 e. The highest BCUT2D eigenvalue weighted by atomic mass is 16.5. The molecule has 0 N–H and O–H groups in total. The molecule has 3 heteroatoms. The smallest absolute Gasteiger partial charge is 0.330 e. The van der Waals surface area contributed by atoms with Gasteiger partial charge in [-0.05, 0) is 6.92 Å². The Balaban J connectivity index is 3.37. The predicted molar refractivity (Wildman–Crippen MR) is 36.3 cm³/mol. The second kappa shape index (κ2) is 5.41. The lowest BCUT2D eigenvalue weighted by Gasteiger charge is -1.92. The summed E-state index contributed by atoms with van der Waals surface area (Å²) in [4.78, 5) is 10.4. The van der Waals surface area contributed by atoms with Crippen LogP contribution in [-0.4, -0.2) is 20.4 Å². The van der Waals surface area contributed by atoms with Gasteiger partial charge in [-0.15, -0.1) is 0 Å². The SMILES string of the molecule is [B]C/C=C/C(=O)OCC. The molecule has 0 bridgehead atoms. The normalized spacial score (nSPS) is 9.89. The molecule has 48 valence electrons. The molecule has 0 fully saturated rings. The van der Waals surface area contributed by atoms with Gasteiger partial charge in [-0.3, -0.25) is 0 Å². The third-order valence-corrected chi connectivity index (χ3v) is 0.677. The molecule has 0 aromatic carbocycles. The van der Waals surface area contributed by atoms with Crippen LogP contribution in [0, 0.1) is 0 Å². The summed E-state index contributed by atoms with van der Waals surface area (Å²) in [6.07, 6.45) is 3.25. The predicted octanol–water partition coefficient (Wildman–Crippen LogP) is 0.692. The molecule has 0 heterocycles. The summed E-state index contributed by atoms with van der Waals surface area (Å²) < 4.78 is 4.56. The summed E-state index contributed by atoms with van der Waals surface area (Å²) >= 11 is 0. The van der Waals surface area contributed by atoms with Crippen LogP contribution in [0.2, 0.25) is 6.32 Å². The molecule has 0 aromatic rings. The first-order chi connectivity index (χ1) is 4.31. The molecule has 0 unspecified atom stereocenters. The molecule has 9 heavy (non-hydrogen) atoms. The molecule has 0 saturated heterocycles. The zero-order valence-electron chi connectivity index (χ0n) is 5.46. The number of esters is 1. The van der Waals surface area contributed by atoms with E-state index in [1.54, 1.807) is 13.0 Å². The molecule has 0 atom stereocenters. The zero-order chi connectivity index (χ0) is 7.11. The fourth-order valence-corrected chi connectivity index (χ4v) is 0.355. The van der Waals surface area contributed by atoms with Gasteiger partial charge in [-0.2, -0.15) is 0 Å². The minimum atomic E-state index is -0.331. The third-order valence-electron chi connectivity index (χ3n) is 0.677. The van der Waals surface area contributed by atoms with E-state index in [1.165, 1.54) is 6.08 Å². The molecule has 2 nitrogen and oxygen atoms in total. The Bertz CT molecular complexity index is 110. The van der Waals surface area contributed by atoms with E-state index in [0.717, 1.165) is 0 Å². The maximum atomic E-state index is 10.4. The molecule has 0 saturated carbocycles. The number of carbonyl (C=O) groups excluding carboxylic acids is 1. The Kier molecular flexibility index (Phi) is 4.98. The molecule has 0 aliphatic heterocycles. The van der Waals surface area contributed by atoms with Crippen molar-refractivity contribution < 1.29 is 9.53 Å². The van der Waals surface area contributed by atoms with E-state index in [2.05, 4.69) is 4.74 Å². The first kappa shape index (κ1) is 8.27. The molecular formula is C6H9BO2. The number of ether oxygens (including phenoxy) is 1. The average molecular weight is 124 g/mol. The maximum absolute atomic E-state index is 10.4. The number of carbonyl (C=O) groups is 1. The summed E-state index contributed by atoms with van der Waals surface area (Å²) in [6.45, 7) is 2.17. The number of hydrogen-bond acceptors (Lipinski definition) is 2. The van der Waals surface area contributed by atoms with E-state index in [4.69, 9.17) is 7.85 Å². The first-order valence-corrected chi connectivity index (χ1v) is 2.84. The van der Waals surface area contributed by atoms with Gasteiger partial charge in [0.1, 0.15) is 0 Å². The average Bonchev–Trinajstić information content (AvgIpc) is 1.85. The van der Waals surface area contributed by atoms with Crippen LogP contribution < -0.4 is 0 Å². The van der Waals surface area contributed by atoms with Gasteiger partial charge >= 0.3 is 5.97 Å². The lowest BCUT2D eigenvalue weighted by Crippen LogP contribution is -1.98. The lowest BCUT2D eigenvalue weighted by atomic mass is 10.1. The van der Waals surface area contributed by atoms with Crippen molar-refractivity contribution in [2.45, 2.75) is 13.2 Å². The van der Waals surface area contributed by atoms with Crippen molar-refractivity contribution >= 4 is 13.8 Å². The summed E-state index contributed by atoms with van der Waals surface area (Å²) in [5, 5.41) is 0. The standard InChI is InChI=1S/C6H9BO2/c1-2-9-6(8)4-3-5-7/h3-4H,2,5H2,1H3/b4-3+. The van der Waals surface area contributed by atoms with E-state index >= 15 is 0 Å². The van der Waals surface area contributed by atoms with Crippen LogP contribution in [0.3, 0.4) is 0 Å². The van der Waals surface area contributed by atoms with Crippen LogP contribution in [-0.2, 0) is 9.53 Å². The molecule has 0 aromatic heterocycles. The van der Waals surface area contributed by atoms with Crippen molar-refractivity contribution in [1.82, 2.24) is 0 Å². The first-order valence-electron chi connectivity index (χ1n) is 2.84. The van der Waals surface area contributed by atoms with Gasteiger partial charge in [-0.1, -0.05) is 12.4 Å². The summed E-state index contributed by atoms with van der Waals surface area (Å²) in [6, 6.07) is 0. The minimum absolute atomic E-state index is 0.331. The van der Waals surface area contributed by atoms with Crippen LogP contribution in [0.4, 0.5) is 0 Å². The molecule has 0 amide bonds. The summed E-state index contributed by atoms with van der Waals surface area (Å²) in [5.41, 5.74) is 0. The van der Waals surface area contributed by atoms with Gasteiger partial charge < -0.3 is 4.74 Å². The lowest BCUT2D eigenvalue weighted by molar-refractivity contribution is -0.137. The highest BCUT2D eigenvalue weighted by Crippen LogP contribution is 1.82. The number of rotatable bonds is 3. The number of hydrogen-bond donors (Lipinski definition) is 0. The van der Waals surface area contributed by atoms with Crippen LogP contribution in [0.25, 0.3) is 0 Å². The fourth-order valence-electron chi connectivity index (χ4n) is 0.355. The van der Waals surface area contributed by atoms with E-state index in [0.29, 0.717) is 12.9 Å². The summed E-state index contributed by atoms with van der Waals surface area (Å²) in [7, 11) is 5.08. The second-order valence-corrected chi connectivity index (χ2v) is 1.39. The molecule has 0 aliphatic rings. The van der Waals surface area contributed by atoms with Crippen LogP contribution in [0.1, 0.15) is 6.92 Å². The van der Waals surface area contributed by atoms with Gasteiger partial charge in [0, 0.05) is 6.08 Å². The molecule has 0 spiro atoms. The molecule has 2 radical (unpaired) electrons. The topological polar surface area (TPSA) is 26.3 Å². The van der Waals surface area contributed by atoms with Crippen molar-refractivity contribution in [3.8, 4) is 0 Å². The van der Waals surface area contributed by atoms with E-state index in [9.17, 15) is 4.79 Å². The van der Waals surface area contributed by atoms with Gasteiger partial charge in [0.15, 0.2) is 0 Å². The second-order valence-electron chi connectivity index (χ2n) is 1.39. The highest BCUT2D eigenvalue weighted by Gasteiger charge is 1.89. The Morgan fingerprint density at radius 2 is 2.44 bits per heavy atom. The number of allylic oxidation sites excluding steroid dienone is 1.